The molecule has 2 aromatic rings. The summed E-state index contributed by atoms with van der Waals surface area (Å²) < 4.78 is 27.8. The predicted octanol–water partition coefficient (Wildman–Crippen LogP) is 3.62. The average Bonchev–Trinajstić information content (AvgIpc) is 2.47. The second-order valence-electron chi connectivity index (χ2n) is 4.09. The van der Waals surface area contributed by atoms with Crippen LogP contribution >= 0.6 is 23.2 Å². The number of hydrogen-bond acceptors (Lipinski definition) is 4. The maximum Gasteiger partial charge on any atom is 0.289 e. The zero-order valence-electron chi connectivity index (χ0n) is 10.8. The first-order valence-electron chi connectivity index (χ1n) is 5.81. The van der Waals surface area contributed by atoms with Gasteiger partial charge in [-0.05, 0) is 12.1 Å². The van der Waals surface area contributed by atoms with Crippen molar-refractivity contribution in [3.8, 4) is 0 Å². The van der Waals surface area contributed by atoms with E-state index in [-0.39, 0.29) is 15.1 Å². The number of nitro benzene ring substituents is 1. The molecule has 114 valence electrons. The minimum Gasteiger partial charge on any atom is -0.258 e. The van der Waals surface area contributed by atoms with Crippen molar-refractivity contribution in [1.82, 2.24) is 0 Å². The molecule has 0 amide bonds. The Balaban J connectivity index is 2.48. The Bertz CT molecular complexity index is 852. The van der Waals surface area contributed by atoms with Gasteiger partial charge in [-0.15, -0.1) is 4.40 Å². The van der Waals surface area contributed by atoms with Gasteiger partial charge in [0.2, 0.25) is 0 Å². The highest BCUT2D eigenvalue weighted by molar-refractivity contribution is 7.90. The Labute approximate surface area is 136 Å². The second kappa shape index (κ2) is 6.43. The van der Waals surface area contributed by atoms with Crippen LogP contribution in [-0.2, 0) is 10.0 Å². The summed E-state index contributed by atoms with van der Waals surface area (Å²) in [7, 11) is -4.19. The van der Waals surface area contributed by atoms with Crippen LogP contribution in [0.25, 0.3) is 0 Å². The van der Waals surface area contributed by atoms with Gasteiger partial charge in [0.1, 0.15) is 10.2 Å². The van der Waals surface area contributed by atoms with Crippen molar-refractivity contribution in [2.75, 3.05) is 0 Å². The van der Waals surface area contributed by atoms with Gasteiger partial charge in [0.05, 0.1) is 9.82 Å². The molecule has 22 heavy (non-hydrogen) atoms. The molecule has 0 aliphatic carbocycles. The highest BCUT2D eigenvalue weighted by Crippen LogP contribution is 2.28. The molecule has 0 radical (unpaired) electrons. The van der Waals surface area contributed by atoms with Gasteiger partial charge < -0.3 is 0 Å². The summed E-state index contributed by atoms with van der Waals surface area (Å²) in [4.78, 5) is 9.67. The SMILES string of the molecule is O=[N+]([O-])c1cc(S(=O)(=O)/N=C(/Cl)c2ccccc2)ccc1Cl. The maximum absolute atomic E-state index is 12.2. The normalized spacial score (nSPS) is 12.2. The first kappa shape index (κ1) is 16.4. The summed E-state index contributed by atoms with van der Waals surface area (Å²) in [5.41, 5.74) is -0.106. The Morgan fingerprint density at radius 1 is 1.14 bits per heavy atom. The van der Waals surface area contributed by atoms with Crippen LogP contribution in [0.4, 0.5) is 5.69 Å². The smallest absolute Gasteiger partial charge is 0.258 e. The van der Waals surface area contributed by atoms with Crippen LogP contribution in [0.3, 0.4) is 0 Å². The molecule has 0 spiro atoms. The monoisotopic (exact) mass is 358 g/mol. The van der Waals surface area contributed by atoms with Gasteiger partial charge in [0.25, 0.3) is 15.7 Å². The molecule has 2 rings (SSSR count). The molecular formula is C13H8Cl2N2O4S. The van der Waals surface area contributed by atoms with E-state index in [0.29, 0.717) is 5.56 Å². The van der Waals surface area contributed by atoms with Crippen molar-refractivity contribution in [2.24, 2.45) is 4.40 Å². The molecular weight excluding hydrogens is 351 g/mol. The van der Waals surface area contributed by atoms with E-state index in [9.17, 15) is 18.5 Å². The molecule has 0 N–H and O–H groups in total. The zero-order chi connectivity index (χ0) is 16.3. The number of hydrogen-bond donors (Lipinski definition) is 0. The van der Waals surface area contributed by atoms with Gasteiger partial charge in [-0.1, -0.05) is 53.5 Å². The van der Waals surface area contributed by atoms with Gasteiger partial charge in [-0.25, -0.2) is 0 Å². The molecule has 0 heterocycles. The third kappa shape index (κ3) is 3.62. The molecule has 0 aliphatic rings. The van der Waals surface area contributed by atoms with E-state index >= 15 is 0 Å². The van der Waals surface area contributed by atoms with Gasteiger partial charge in [0, 0.05) is 11.6 Å². The van der Waals surface area contributed by atoms with Crippen molar-refractivity contribution in [3.05, 3.63) is 69.2 Å². The maximum atomic E-state index is 12.2. The van der Waals surface area contributed by atoms with Crippen LogP contribution < -0.4 is 0 Å². The number of halogens is 2. The van der Waals surface area contributed by atoms with E-state index in [0.717, 1.165) is 18.2 Å². The zero-order valence-corrected chi connectivity index (χ0v) is 13.1. The van der Waals surface area contributed by atoms with Gasteiger partial charge in [-0.3, -0.25) is 10.1 Å². The number of nitrogens with zero attached hydrogens (tertiary/aromatic N) is 2. The standard InChI is InChI=1S/C13H8Cl2N2O4S/c14-11-7-6-10(8-12(11)17(18)19)22(20,21)16-13(15)9-4-2-1-3-5-9/h1-8H/b16-13+. The fourth-order valence-electron chi connectivity index (χ4n) is 1.58. The largest absolute Gasteiger partial charge is 0.289 e. The number of nitro groups is 1. The summed E-state index contributed by atoms with van der Waals surface area (Å²) in [6.07, 6.45) is 0. The van der Waals surface area contributed by atoms with Crippen molar-refractivity contribution < 1.29 is 13.3 Å². The Morgan fingerprint density at radius 2 is 1.77 bits per heavy atom. The molecule has 0 atom stereocenters. The van der Waals surface area contributed by atoms with Crippen LogP contribution in [0.15, 0.2) is 57.8 Å². The fraction of sp³-hybridized carbons (Fsp3) is 0. The molecule has 2 aromatic carbocycles. The lowest BCUT2D eigenvalue weighted by atomic mass is 10.2. The van der Waals surface area contributed by atoms with E-state index in [1.54, 1.807) is 30.3 Å². The highest BCUT2D eigenvalue weighted by atomic mass is 35.5. The molecule has 0 bridgehead atoms. The lowest BCUT2D eigenvalue weighted by Gasteiger charge is -2.02. The molecule has 0 unspecified atom stereocenters. The number of rotatable bonds is 4. The minimum atomic E-state index is -4.19. The summed E-state index contributed by atoms with van der Waals surface area (Å²) in [5.74, 6) is 0. The lowest BCUT2D eigenvalue weighted by molar-refractivity contribution is -0.384. The van der Waals surface area contributed by atoms with Crippen LogP contribution in [0, 0.1) is 10.1 Å². The van der Waals surface area contributed by atoms with Crippen molar-refractivity contribution >= 4 is 44.1 Å². The molecule has 0 aliphatic heterocycles. The van der Waals surface area contributed by atoms with Crippen molar-refractivity contribution in [3.63, 3.8) is 0 Å². The van der Waals surface area contributed by atoms with Crippen LogP contribution in [0.1, 0.15) is 5.56 Å². The van der Waals surface area contributed by atoms with E-state index in [1.165, 1.54) is 0 Å². The van der Waals surface area contributed by atoms with E-state index < -0.39 is 20.6 Å². The molecule has 0 fully saturated rings. The first-order chi connectivity index (χ1) is 10.3. The number of sulfonamides is 1. The summed E-state index contributed by atoms with van der Waals surface area (Å²) in [5, 5.41) is 10.4. The third-order valence-corrected chi connectivity index (χ3v) is 4.62. The second-order valence-corrected chi connectivity index (χ2v) is 6.46. The molecule has 9 heteroatoms. The third-order valence-electron chi connectivity index (χ3n) is 2.62. The predicted molar refractivity (Wildman–Crippen MR) is 84.1 cm³/mol. The Hall–Kier alpha value is -1.96. The minimum absolute atomic E-state index is 0.165. The van der Waals surface area contributed by atoms with Crippen LogP contribution in [-0.4, -0.2) is 18.5 Å². The van der Waals surface area contributed by atoms with E-state index in [2.05, 4.69) is 4.40 Å². The highest BCUT2D eigenvalue weighted by Gasteiger charge is 2.21. The van der Waals surface area contributed by atoms with E-state index in [4.69, 9.17) is 23.2 Å². The molecule has 0 saturated heterocycles. The topological polar surface area (TPSA) is 89.6 Å². The summed E-state index contributed by atoms with van der Waals surface area (Å²) in [6.45, 7) is 0. The Morgan fingerprint density at radius 3 is 2.36 bits per heavy atom. The molecule has 0 aromatic heterocycles. The van der Waals surface area contributed by atoms with Crippen molar-refractivity contribution in [1.29, 1.82) is 0 Å². The van der Waals surface area contributed by atoms with Gasteiger partial charge >= 0.3 is 0 Å². The summed E-state index contributed by atoms with van der Waals surface area (Å²) >= 11 is 11.5. The quantitative estimate of drug-likeness (QED) is 0.474. The number of benzene rings is 2. The van der Waals surface area contributed by atoms with Gasteiger partial charge in [0.15, 0.2) is 0 Å². The summed E-state index contributed by atoms with van der Waals surface area (Å²) in [6, 6.07) is 11.4. The van der Waals surface area contributed by atoms with Crippen LogP contribution in [0.5, 0.6) is 0 Å². The first-order valence-corrected chi connectivity index (χ1v) is 8.01. The fourth-order valence-corrected chi connectivity index (χ4v) is 3.09. The molecule has 0 saturated carbocycles. The van der Waals surface area contributed by atoms with E-state index in [1.807, 2.05) is 0 Å². The lowest BCUT2D eigenvalue weighted by Crippen LogP contribution is -2.02. The van der Waals surface area contributed by atoms with Crippen LogP contribution in [0.2, 0.25) is 5.02 Å². The molecule has 6 nitrogen and oxygen atoms in total. The average molecular weight is 359 g/mol. The van der Waals surface area contributed by atoms with Gasteiger partial charge in [-0.2, -0.15) is 8.42 Å². The van der Waals surface area contributed by atoms with Crippen molar-refractivity contribution in [2.45, 2.75) is 4.90 Å². The Kier molecular flexibility index (Phi) is 4.80.